The van der Waals surface area contributed by atoms with Crippen molar-refractivity contribution in [2.45, 2.75) is 25.3 Å². The van der Waals surface area contributed by atoms with Crippen LogP contribution < -0.4 is 5.32 Å². The zero-order valence-corrected chi connectivity index (χ0v) is 9.46. The van der Waals surface area contributed by atoms with E-state index in [1.165, 1.54) is 18.4 Å². The molecular formula is C11H13NO6. The van der Waals surface area contributed by atoms with Crippen molar-refractivity contribution in [3.63, 3.8) is 0 Å². The molecule has 0 aliphatic heterocycles. The molecule has 0 spiro atoms. The van der Waals surface area contributed by atoms with Gasteiger partial charge in [-0.25, -0.2) is 4.79 Å². The van der Waals surface area contributed by atoms with Crippen LogP contribution in [0.4, 0.5) is 0 Å². The van der Waals surface area contributed by atoms with E-state index < -0.39 is 23.9 Å². The first-order valence-electron chi connectivity index (χ1n) is 5.29. The highest BCUT2D eigenvalue weighted by molar-refractivity contribution is 5.94. The summed E-state index contributed by atoms with van der Waals surface area (Å²) in [5.74, 6) is -2.83. The van der Waals surface area contributed by atoms with E-state index in [0.717, 1.165) is 0 Å². The molecule has 0 saturated heterocycles. The molecule has 3 N–H and O–H groups in total. The van der Waals surface area contributed by atoms with Gasteiger partial charge in [0.1, 0.15) is 6.04 Å². The zero-order chi connectivity index (χ0) is 13.5. The Morgan fingerprint density at radius 3 is 2.56 bits per heavy atom. The number of amides is 1. The Kier molecular flexibility index (Phi) is 4.91. The summed E-state index contributed by atoms with van der Waals surface area (Å²) in [5, 5.41) is 19.6. The van der Waals surface area contributed by atoms with Gasteiger partial charge >= 0.3 is 11.9 Å². The second-order valence-corrected chi connectivity index (χ2v) is 3.63. The number of nitrogens with one attached hydrogen (secondary N) is 1. The number of carbonyl (C=O) groups excluding carboxylic acids is 1. The highest BCUT2D eigenvalue weighted by Gasteiger charge is 2.21. The molecule has 0 radical (unpaired) electrons. The van der Waals surface area contributed by atoms with Crippen molar-refractivity contribution in [1.29, 1.82) is 0 Å². The number of carbonyl (C=O) groups is 3. The summed E-state index contributed by atoms with van der Waals surface area (Å²) in [4.78, 5) is 32.7. The molecule has 0 unspecified atom stereocenters. The minimum Gasteiger partial charge on any atom is -0.481 e. The molecule has 1 amide bonds. The Morgan fingerprint density at radius 1 is 1.33 bits per heavy atom. The van der Waals surface area contributed by atoms with E-state index >= 15 is 0 Å². The average Bonchev–Trinajstić information content (AvgIpc) is 2.80. The molecule has 7 heteroatoms. The van der Waals surface area contributed by atoms with Gasteiger partial charge in [0.05, 0.1) is 6.26 Å². The van der Waals surface area contributed by atoms with Gasteiger partial charge < -0.3 is 19.9 Å². The van der Waals surface area contributed by atoms with E-state index in [0.29, 0.717) is 0 Å². The van der Waals surface area contributed by atoms with Gasteiger partial charge in [-0.1, -0.05) is 0 Å². The molecule has 1 rings (SSSR count). The van der Waals surface area contributed by atoms with E-state index in [2.05, 4.69) is 5.32 Å². The van der Waals surface area contributed by atoms with Crippen molar-refractivity contribution in [1.82, 2.24) is 5.32 Å². The van der Waals surface area contributed by atoms with Gasteiger partial charge in [-0.05, 0) is 25.0 Å². The summed E-state index contributed by atoms with van der Waals surface area (Å²) in [6, 6.07) is 1.79. The summed E-state index contributed by atoms with van der Waals surface area (Å²) in [6.07, 6.45) is 1.38. The molecular weight excluding hydrogens is 242 g/mol. The van der Waals surface area contributed by atoms with Crippen LogP contribution in [-0.4, -0.2) is 34.1 Å². The van der Waals surface area contributed by atoms with Crippen molar-refractivity contribution in [3.05, 3.63) is 24.2 Å². The fourth-order valence-electron chi connectivity index (χ4n) is 1.35. The Morgan fingerprint density at radius 2 is 2.06 bits per heavy atom. The van der Waals surface area contributed by atoms with Crippen LogP contribution in [0, 0.1) is 0 Å². The third-order valence-corrected chi connectivity index (χ3v) is 2.23. The van der Waals surface area contributed by atoms with Crippen LogP contribution in [0.2, 0.25) is 0 Å². The summed E-state index contributed by atoms with van der Waals surface area (Å²) in [7, 11) is 0. The first kappa shape index (κ1) is 13.8. The van der Waals surface area contributed by atoms with Gasteiger partial charge in [-0.15, -0.1) is 0 Å². The van der Waals surface area contributed by atoms with Crippen molar-refractivity contribution >= 4 is 17.8 Å². The maximum atomic E-state index is 11.5. The third kappa shape index (κ3) is 4.28. The molecule has 0 bridgehead atoms. The Labute approximate surface area is 102 Å². The predicted octanol–water partition coefficient (Wildman–Crippen LogP) is 0.718. The lowest BCUT2D eigenvalue weighted by molar-refractivity contribution is -0.140. The average molecular weight is 255 g/mol. The number of rotatable bonds is 7. The lowest BCUT2D eigenvalue weighted by Gasteiger charge is -2.12. The van der Waals surface area contributed by atoms with E-state index in [-0.39, 0.29) is 25.0 Å². The quantitative estimate of drug-likeness (QED) is 0.660. The number of aliphatic carboxylic acids is 2. The molecule has 7 nitrogen and oxygen atoms in total. The molecule has 98 valence electrons. The number of carboxylic acids is 2. The Balaban J connectivity index is 2.50. The summed E-state index contributed by atoms with van der Waals surface area (Å²) in [5.41, 5.74) is 0. The van der Waals surface area contributed by atoms with E-state index in [1.807, 2.05) is 0 Å². The third-order valence-electron chi connectivity index (χ3n) is 2.23. The van der Waals surface area contributed by atoms with Gasteiger partial charge in [0.25, 0.3) is 5.91 Å². The maximum absolute atomic E-state index is 11.5. The minimum absolute atomic E-state index is 0.0134. The maximum Gasteiger partial charge on any atom is 0.326 e. The van der Waals surface area contributed by atoms with Gasteiger partial charge in [-0.3, -0.25) is 9.59 Å². The van der Waals surface area contributed by atoms with Crippen LogP contribution in [-0.2, 0) is 9.59 Å². The van der Waals surface area contributed by atoms with Gasteiger partial charge in [0, 0.05) is 6.42 Å². The van der Waals surface area contributed by atoms with E-state index in [9.17, 15) is 14.4 Å². The topological polar surface area (TPSA) is 117 Å². The second-order valence-electron chi connectivity index (χ2n) is 3.63. The van der Waals surface area contributed by atoms with Crippen LogP contribution in [0.1, 0.15) is 29.8 Å². The predicted molar refractivity (Wildman–Crippen MR) is 59.1 cm³/mol. The fraction of sp³-hybridized carbons (Fsp3) is 0.364. The number of furan rings is 1. The summed E-state index contributed by atoms with van der Waals surface area (Å²) >= 11 is 0. The second kappa shape index (κ2) is 6.43. The Hall–Kier alpha value is -2.31. The van der Waals surface area contributed by atoms with Crippen LogP contribution in [0.3, 0.4) is 0 Å². The van der Waals surface area contributed by atoms with Crippen molar-refractivity contribution < 1.29 is 29.0 Å². The molecule has 1 aromatic heterocycles. The summed E-state index contributed by atoms with van der Waals surface area (Å²) < 4.78 is 4.82. The van der Waals surface area contributed by atoms with Crippen molar-refractivity contribution in [2.24, 2.45) is 0 Å². The van der Waals surface area contributed by atoms with Gasteiger partial charge in [-0.2, -0.15) is 0 Å². The number of hydrogen-bond donors (Lipinski definition) is 3. The number of carboxylic acid groups (broad SMARTS) is 2. The molecule has 0 fully saturated rings. The molecule has 1 atom stereocenters. The monoisotopic (exact) mass is 255 g/mol. The lowest BCUT2D eigenvalue weighted by Crippen LogP contribution is -2.40. The molecule has 0 aromatic carbocycles. The van der Waals surface area contributed by atoms with Crippen LogP contribution in [0.5, 0.6) is 0 Å². The highest BCUT2D eigenvalue weighted by Crippen LogP contribution is 2.05. The summed E-state index contributed by atoms with van der Waals surface area (Å²) in [6.45, 7) is 0. The molecule has 0 saturated carbocycles. The first-order chi connectivity index (χ1) is 8.50. The van der Waals surface area contributed by atoms with E-state index in [4.69, 9.17) is 14.6 Å². The van der Waals surface area contributed by atoms with Gasteiger partial charge in [0.2, 0.25) is 0 Å². The Bertz CT molecular complexity index is 425. The molecule has 18 heavy (non-hydrogen) atoms. The smallest absolute Gasteiger partial charge is 0.326 e. The minimum atomic E-state index is -1.21. The standard InChI is InChI=1S/C11H13NO6/c13-9(14)5-1-3-7(11(16)17)12-10(15)8-4-2-6-18-8/h2,4,6-7H,1,3,5H2,(H,12,15)(H,13,14)(H,16,17)/t7-/m1/s1. The fourth-order valence-corrected chi connectivity index (χ4v) is 1.35. The van der Waals surface area contributed by atoms with Crippen LogP contribution in [0.15, 0.2) is 22.8 Å². The number of hydrogen-bond acceptors (Lipinski definition) is 4. The van der Waals surface area contributed by atoms with Crippen LogP contribution >= 0.6 is 0 Å². The first-order valence-corrected chi connectivity index (χ1v) is 5.29. The zero-order valence-electron chi connectivity index (χ0n) is 9.46. The SMILES string of the molecule is O=C(O)CCC[C@@H](NC(=O)c1ccco1)C(=O)O. The van der Waals surface area contributed by atoms with Crippen molar-refractivity contribution in [3.8, 4) is 0 Å². The van der Waals surface area contributed by atoms with Gasteiger partial charge in [0.15, 0.2) is 5.76 Å². The normalized spacial score (nSPS) is 11.8. The van der Waals surface area contributed by atoms with Crippen LogP contribution in [0.25, 0.3) is 0 Å². The van der Waals surface area contributed by atoms with E-state index in [1.54, 1.807) is 0 Å². The van der Waals surface area contributed by atoms with Crippen molar-refractivity contribution in [2.75, 3.05) is 0 Å². The molecule has 1 heterocycles. The highest BCUT2D eigenvalue weighted by atomic mass is 16.4. The molecule has 0 aliphatic rings. The molecule has 1 aromatic rings. The lowest BCUT2D eigenvalue weighted by atomic mass is 10.1. The molecule has 0 aliphatic carbocycles. The largest absolute Gasteiger partial charge is 0.481 e.